The van der Waals surface area contributed by atoms with E-state index >= 15 is 0 Å². The van der Waals surface area contributed by atoms with Crippen molar-refractivity contribution >= 4 is 29.4 Å². The molecule has 0 radical (unpaired) electrons. The minimum atomic E-state index is -0.620. The quantitative estimate of drug-likeness (QED) is 0.473. The molecule has 164 valence electrons. The summed E-state index contributed by atoms with van der Waals surface area (Å²) in [6, 6.07) is 12.0. The molecule has 0 unspecified atom stereocenters. The number of benzene rings is 2. The molecule has 1 fully saturated rings. The summed E-state index contributed by atoms with van der Waals surface area (Å²) in [5, 5.41) is 4.20. The van der Waals surface area contributed by atoms with Gasteiger partial charge in [0.2, 0.25) is 0 Å². The van der Waals surface area contributed by atoms with Crippen LogP contribution in [-0.4, -0.2) is 30.2 Å². The molecule has 0 bridgehead atoms. The maximum atomic E-state index is 13.6. The highest BCUT2D eigenvalue weighted by molar-refractivity contribution is 8.00. The molecule has 2 heterocycles. The maximum absolute atomic E-state index is 13.6. The highest BCUT2D eigenvalue weighted by atomic mass is 35.5. The van der Waals surface area contributed by atoms with Crippen molar-refractivity contribution in [2.75, 3.05) is 24.9 Å². The number of rotatable bonds is 5. The van der Waals surface area contributed by atoms with Crippen molar-refractivity contribution in [3.63, 3.8) is 0 Å². The van der Waals surface area contributed by atoms with Crippen molar-refractivity contribution in [3.8, 4) is 5.75 Å². The van der Waals surface area contributed by atoms with Crippen molar-refractivity contribution in [1.29, 1.82) is 0 Å². The van der Waals surface area contributed by atoms with Gasteiger partial charge in [0, 0.05) is 17.3 Å². The third kappa shape index (κ3) is 7.05. The van der Waals surface area contributed by atoms with Gasteiger partial charge in [-0.3, -0.25) is 0 Å². The Kier molecular flexibility index (Phi) is 8.87. The number of aromatic nitrogens is 2. The Morgan fingerprint density at radius 1 is 1.10 bits per heavy atom. The van der Waals surface area contributed by atoms with Crippen LogP contribution in [0.4, 0.5) is 14.6 Å². The Morgan fingerprint density at radius 2 is 1.84 bits per heavy atom. The molecule has 4 rings (SSSR count). The second-order valence-electron chi connectivity index (χ2n) is 6.79. The first-order chi connectivity index (χ1) is 15.1. The molecule has 0 saturated carbocycles. The van der Waals surface area contributed by atoms with Gasteiger partial charge in [0.05, 0.1) is 12.0 Å². The van der Waals surface area contributed by atoms with Gasteiger partial charge in [0.25, 0.3) is 0 Å². The Balaban J connectivity index is 0.000000185. The first-order valence-corrected chi connectivity index (χ1v) is 10.9. The van der Waals surface area contributed by atoms with E-state index in [0.29, 0.717) is 5.82 Å². The molecule has 3 aromatic rings. The third-order valence-electron chi connectivity index (χ3n) is 4.73. The third-order valence-corrected chi connectivity index (χ3v) is 5.83. The van der Waals surface area contributed by atoms with Gasteiger partial charge < -0.3 is 14.8 Å². The first kappa shape index (κ1) is 23.2. The summed E-state index contributed by atoms with van der Waals surface area (Å²) in [5.74, 6) is -0.0753. The minimum Gasteiger partial charge on any atom is -0.494 e. The van der Waals surface area contributed by atoms with Gasteiger partial charge in [0.1, 0.15) is 18.0 Å². The van der Waals surface area contributed by atoms with Gasteiger partial charge in [-0.1, -0.05) is 23.7 Å². The highest BCUT2D eigenvalue weighted by Gasteiger charge is 2.14. The highest BCUT2D eigenvalue weighted by Crippen LogP contribution is 2.28. The number of piperidine rings is 1. The molecule has 2 N–H and O–H groups in total. The SMILES string of the molecule is COc1cc(F)c(SNc2ccncn2)cc1F.Clc1ccc(C2CCNCC2)cc1. The topological polar surface area (TPSA) is 59.1 Å². The average Bonchev–Trinajstić information content (AvgIpc) is 2.81. The van der Waals surface area contributed by atoms with Crippen LogP contribution in [0, 0.1) is 11.6 Å². The fourth-order valence-corrected chi connectivity index (χ4v) is 3.87. The van der Waals surface area contributed by atoms with Crippen molar-refractivity contribution in [2.24, 2.45) is 0 Å². The molecule has 0 aliphatic carbocycles. The van der Waals surface area contributed by atoms with E-state index in [1.54, 1.807) is 12.3 Å². The summed E-state index contributed by atoms with van der Waals surface area (Å²) < 4.78 is 34.4. The Labute approximate surface area is 189 Å². The van der Waals surface area contributed by atoms with Crippen LogP contribution in [-0.2, 0) is 0 Å². The average molecular weight is 465 g/mol. The number of hydrogen-bond donors (Lipinski definition) is 2. The summed E-state index contributed by atoms with van der Waals surface area (Å²) in [6.45, 7) is 2.29. The number of hydrogen-bond acceptors (Lipinski definition) is 6. The van der Waals surface area contributed by atoms with Gasteiger partial charge in [-0.25, -0.2) is 18.7 Å². The normalized spacial score (nSPS) is 13.8. The van der Waals surface area contributed by atoms with Gasteiger partial charge in [-0.2, -0.15) is 0 Å². The molecule has 1 aromatic heterocycles. The zero-order valence-corrected chi connectivity index (χ0v) is 18.5. The van der Waals surface area contributed by atoms with Crippen LogP contribution >= 0.6 is 23.5 Å². The lowest BCUT2D eigenvalue weighted by Gasteiger charge is -2.22. The van der Waals surface area contributed by atoms with Crippen LogP contribution in [0.2, 0.25) is 5.02 Å². The van der Waals surface area contributed by atoms with E-state index in [-0.39, 0.29) is 10.6 Å². The van der Waals surface area contributed by atoms with Crippen LogP contribution in [0.25, 0.3) is 0 Å². The Hall–Kier alpha value is -2.42. The lowest BCUT2D eigenvalue weighted by Crippen LogP contribution is -2.26. The van der Waals surface area contributed by atoms with Crippen molar-refractivity contribution in [2.45, 2.75) is 23.7 Å². The molecule has 5 nitrogen and oxygen atoms in total. The molecule has 2 aromatic carbocycles. The summed E-state index contributed by atoms with van der Waals surface area (Å²) in [6.07, 6.45) is 5.40. The molecule has 0 amide bonds. The molecule has 1 saturated heterocycles. The van der Waals surface area contributed by atoms with Crippen LogP contribution in [0.1, 0.15) is 24.3 Å². The zero-order valence-electron chi connectivity index (χ0n) is 16.9. The number of halogens is 3. The molecule has 31 heavy (non-hydrogen) atoms. The summed E-state index contributed by atoms with van der Waals surface area (Å²) in [4.78, 5) is 7.76. The second kappa shape index (κ2) is 11.8. The molecular formula is C22H23ClF2N4OS. The number of nitrogens with zero attached hydrogens (tertiary/aromatic N) is 2. The van der Waals surface area contributed by atoms with E-state index in [9.17, 15) is 8.78 Å². The molecule has 0 spiro atoms. The number of ether oxygens (including phenoxy) is 1. The summed E-state index contributed by atoms with van der Waals surface area (Å²) in [7, 11) is 1.28. The monoisotopic (exact) mass is 464 g/mol. The standard InChI is InChI=1S/C11H14ClN.C11H9F2N3OS/c12-11-3-1-9(2-4-11)10-5-7-13-8-6-10;1-17-9-4-8(13)10(5-7(9)12)18-16-11-2-3-14-6-15-11/h1-4,10,13H,5-8H2;2-6H,1H3,(H,14,15,16). The second-order valence-corrected chi connectivity index (χ2v) is 8.08. The lowest BCUT2D eigenvalue weighted by atomic mass is 9.90. The van der Waals surface area contributed by atoms with Crippen molar-refractivity contribution in [1.82, 2.24) is 15.3 Å². The van der Waals surface area contributed by atoms with Gasteiger partial charge in [-0.15, -0.1) is 0 Å². The Bertz CT molecular complexity index is 958. The predicted octanol–water partition coefficient (Wildman–Crippen LogP) is 5.69. The van der Waals surface area contributed by atoms with E-state index < -0.39 is 11.6 Å². The van der Waals surface area contributed by atoms with E-state index in [4.69, 9.17) is 11.6 Å². The lowest BCUT2D eigenvalue weighted by molar-refractivity contribution is 0.380. The maximum Gasteiger partial charge on any atom is 0.166 e. The molecular weight excluding hydrogens is 442 g/mol. The molecule has 1 aliphatic rings. The van der Waals surface area contributed by atoms with Crippen molar-refractivity contribution in [3.05, 3.63) is 77.2 Å². The van der Waals surface area contributed by atoms with Gasteiger partial charge in [0.15, 0.2) is 11.6 Å². The molecule has 1 aliphatic heterocycles. The fourth-order valence-electron chi connectivity index (χ4n) is 3.09. The summed E-state index contributed by atoms with van der Waals surface area (Å²) in [5.41, 5.74) is 1.44. The number of nitrogens with one attached hydrogen (secondary N) is 2. The summed E-state index contributed by atoms with van der Waals surface area (Å²) >= 11 is 6.76. The fraction of sp³-hybridized carbons (Fsp3) is 0.273. The number of anilines is 1. The first-order valence-electron chi connectivity index (χ1n) is 9.75. The Morgan fingerprint density at radius 3 is 2.48 bits per heavy atom. The van der Waals surface area contributed by atoms with Crippen LogP contribution in [0.5, 0.6) is 5.75 Å². The molecule has 0 atom stereocenters. The van der Waals surface area contributed by atoms with E-state index in [0.717, 1.165) is 48.1 Å². The number of methoxy groups -OCH3 is 1. The van der Waals surface area contributed by atoms with Crippen LogP contribution in [0.3, 0.4) is 0 Å². The van der Waals surface area contributed by atoms with E-state index in [1.165, 1.54) is 31.8 Å². The minimum absolute atomic E-state index is 0.118. The van der Waals surface area contributed by atoms with Gasteiger partial charge >= 0.3 is 0 Å². The van der Waals surface area contributed by atoms with Crippen LogP contribution < -0.4 is 14.8 Å². The molecule has 9 heteroatoms. The largest absolute Gasteiger partial charge is 0.494 e. The van der Waals surface area contributed by atoms with Crippen molar-refractivity contribution < 1.29 is 13.5 Å². The van der Waals surface area contributed by atoms with Crippen LogP contribution in [0.15, 0.2) is 59.9 Å². The van der Waals surface area contributed by atoms with Gasteiger partial charge in [-0.05, 0) is 73.6 Å². The zero-order chi connectivity index (χ0) is 22.1. The van der Waals surface area contributed by atoms with E-state index in [1.807, 2.05) is 12.1 Å². The van der Waals surface area contributed by atoms with E-state index in [2.05, 4.69) is 36.9 Å². The smallest absolute Gasteiger partial charge is 0.166 e. The predicted molar refractivity (Wildman–Crippen MR) is 121 cm³/mol.